The van der Waals surface area contributed by atoms with E-state index >= 15 is 0 Å². The second-order valence-corrected chi connectivity index (χ2v) is 5.50. The van der Waals surface area contributed by atoms with Crippen molar-refractivity contribution in [3.63, 3.8) is 0 Å². The molecule has 3 N–H and O–H groups in total. The van der Waals surface area contributed by atoms with Gasteiger partial charge in [-0.1, -0.05) is 23.7 Å². The summed E-state index contributed by atoms with van der Waals surface area (Å²) in [5.41, 5.74) is 7.20. The van der Waals surface area contributed by atoms with Gasteiger partial charge in [0.1, 0.15) is 0 Å². The van der Waals surface area contributed by atoms with Crippen LogP contribution in [0, 0.1) is 0 Å². The second kappa shape index (κ2) is 5.90. The second-order valence-electron chi connectivity index (χ2n) is 5.06. The van der Waals surface area contributed by atoms with Crippen molar-refractivity contribution in [2.75, 3.05) is 13.1 Å². The first kappa shape index (κ1) is 14.3. The SMILES string of the molecule is CC(N)C(c1cccc(Cl)c1)N1CCNC(=O)C1C. The summed E-state index contributed by atoms with van der Waals surface area (Å²) in [5.74, 6) is 0.0546. The first-order valence-electron chi connectivity index (χ1n) is 6.55. The lowest BCUT2D eigenvalue weighted by atomic mass is 9.96. The van der Waals surface area contributed by atoms with Gasteiger partial charge in [-0.25, -0.2) is 0 Å². The summed E-state index contributed by atoms with van der Waals surface area (Å²) in [6, 6.07) is 7.45. The number of carbonyl (C=O) groups excluding carboxylic acids is 1. The molecular formula is C14H20ClN3O. The van der Waals surface area contributed by atoms with Crippen LogP contribution < -0.4 is 11.1 Å². The molecule has 0 saturated carbocycles. The largest absolute Gasteiger partial charge is 0.353 e. The molecule has 1 heterocycles. The molecule has 19 heavy (non-hydrogen) atoms. The van der Waals surface area contributed by atoms with Crippen LogP contribution in [0.15, 0.2) is 24.3 Å². The van der Waals surface area contributed by atoms with E-state index in [-0.39, 0.29) is 24.0 Å². The third-order valence-corrected chi connectivity index (χ3v) is 3.83. The van der Waals surface area contributed by atoms with Crippen LogP contribution in [0.5, 0.6) is 0 Å². The van der Waals surface area contributed by atoms with E-state index < -0.39 is 0 Å². The van der Waals surface area contributed by atoms with Crippen LogP contribution in [-0.2, 0) is 4.79 Å². The molecule has 0 bridgehead atoms. The normalized spacial score (nSPS) is 23.8. The molecule has 5 heteroatoms. The van der Waals surface area contributed by atoms with Crippen LogP contribution >= 0.6 is 11.6 Å². The fourth-order valence-electron chi connectivity index (χ4n) is 2.67. The zero-order valence-corrected chi connectivity index (χ0v) is 12.0. The minimum absolute atomic E-state index is 0.000231. The van der Waals surface area contributed by atoms with Crippen molar-refractivity contribution in [2.45, 2.75) is 32.0 Å². The molecule has 1 aliphatic rings. The summed E-state index contributed by atoms with van der Waals surface area (Å²) >= 11 is 6.06. The fourth-order valence-corrected chi connectivity index (χ4v) is 2.87. The van der Waals surface area contributed by atoms with Crippen LogP contribution in [0.4, 0.5) is 0 Å². The van der Waals surface area contributed by atoms with Gasteiger partial charge in [0.2, 0.25) is 5.91 Å². The van der Waals surface area contributed by atoms with Gasteiger partial charge >= 0.3 is 0 Å². The first-order chi connectivity index (χ1) is 9.00. The van der Waals surface area contributed by atoms with E-state index in [9.17, 15) is 4.79 Å². The summed E-state index contributed by atoms with van der Waals surface area (Å²) in [5, 5.41) is 3.56. The molecule has 0 aromatic heterocycles. The number of halogens is 1. The molecule has 1 amide bonds. The van der Waals surface area contributed by atoms with Crippen LogP contribution in [0.25, 0.3) is 0 Å². The van der Waals surface area contributed by atoms with Crippen molar-refractivity contribution >= 4 is 17.5 Å². The van der Waals surface area contributed by atoms with Crippen molar-refractivity contribution in [3.05, 3.63) is 34.9 Å². The Hall–Kier alpha value is -1.10. The Labute approximate surface area is 118 Å². The molecule has 0 aliphatic carbocycles. The summed E-state index contributed by atoms with van der Waals surface area (Å²) in [6.07, 6.45) is 0. The van der Waals surface area contributed by atoms with Crippen molar-refractivity contribution in [1.29, 1.82) is 0 Å². The number of carbonyl (C=O) groups is 1. The molecule has 1 aliphatic heterocycles. The Morgan fingerprint density at radius 3 is 2.89 bits per heavy atom. The van der Waals surface area contributed by atoms with Crippen LogP contribution in [-0.4, -0.2) is 36.0 Å². The van der Waals surface area contributed by atoms with E-state index in [0.717, 1.165) is 12.1 Å². The number of amides is 1. The van der Waals surface area contributed by atoms with Gasteiger partial charge in [0.15, 0.2) is 0 Å². The number of hydrogen-bond acceptors (Lipinski definition) is 3. The number of nitrogens with one attached hydrogen (secondary N) is 1. The number of rotatable bonds is 3. The lowest BCUT2D eigenvalue weighted by molar-refractivity contribution is -0.129. The van der Waals surface area contributed by atoms with Crippen LogP contribution in [0.2, 0.25) is 5.02 Å². The lowest BCUT2D eigenvalue weighted by Gasteiger charge is -2.41. The Kier molecular flexibility index (Phi) is 4.45. The topological polar surface area (TPSA) is 58.4 Å². The number of piperazine rings is 1. The van der Waals surface area contributed by atoms with Gasteiger partial charge in [0.25, 0.3) is 0 Å². The maximum Gasteiger partial charge on any atom is 0.237 e. The van der Waals surface area contributed by atoms with Crippen molar-refractivity contribution in [3.8, 4) is 0 Å². The zero-order valence-electron chi connectivity index (χ0n) is 11.3. The predicted molar refractivity (Wildman–Crippen MR) is 77.0 cm³/mol. The minimum Gasteiger partial charge on any atom is -0.353 e. The molecule has 0 radical (unpaired) electrons. The number of nitrogens with two attached hydrogens (primary N) is 1. The molecule has 1 fully saturated rings. The van der Waals surface area contributed by atoms with E-state index in [1.165, 1.54) is 0 Å². The van der Waals surface area contributed by atoms with Gasteiger partial charge in [0, 0.05) is 24.2 Å². The monoisotopic (exact) mass is 281 g/mol. The van der Waals surface area contributed by atoms with Gasteiger partial charge in [-0.05, 0) is 31.5 Å². The molecule has 0 spiro atoms. The maximum absolute atomic E-state index is 11.8. The summed E-state index contributed by atoms with van der Waals surface area (Å²) < 4.78 is 0. The molecule has 3 unspecified atom stereocenters. The van der Waals surface area contributed by atoms with Crippen LogP contribution in [0.1, 0.15) is 25.5 Å². The van der Waals surface area contributed by atoms with E-state index in [1.54, 1.807) is 0 Å². The highest BCUT2D eigenvalue weighted by molar-refractivity contribution is 6.30. The van der Waals surface area contributed by atoms with E-state index in [1.807, 2.05) is 38.1 Å². The molecule has 2 rings (SSSR count). The smallest absolute Gasteiger partial charge is 0.237 e. The van der Waals surface area contributed by atoms with Crippen molar-refractivity contribution < 1.29 is 4.79 Å². The number of benzene rings is 1. The average molecular weight is 282 g/mol. The highest BCUT2D eigenvalue weighted by Gasteiger charge is 2.33. The quantitative estimate of drug-likeness (QED) is 0.884. The average Bonchev–Trinajstić information content (AvgIpc) is 2.34. The Morgan fingerprint density at radius 2 is 2.26 bits per heavy atom. The van der Waals surface area contributed by atoms with Crippen molar-refractivity contribution in [2.24, 2.45) is 5.73 Å². The van der Waals surface area contributed by atoms with Gasteiger partial charge in [-0.2, -0.15) is 0 Å². The Bertz CT molecular complexity index is 464. The highest BCUT2D eigenvalue weighted by atomic mass is 35.5. The molecule has 1 aromatic carbocycles. The van der Waals surface area contributed by atoms with Gasteiger partial charge in [-0.15, -0.1) is 0 Å². The third-order valence-electron chi connectivity index (χ3n) is 3.59. The third kappa shape index (κ3) is 3.08. The number of nitrogens with zero attached hydrogens (tertiary/aromatic N) is 1. The zero-order chi connectivity index (χ0) is 14.0. The first-order valence-corrected chi connectivity index (χ1v) is 6.93. The van der Waals surface area contributed by atoms with E-state index in [2.05, 4.69) is 10.2 Å². The van der Waals surface area contributed by atoms with Crippen molar-refractivity contribution in [1.82, 2.24) is 10.2 Å². The summed E-state index contributed by atoms with van der Waals surface area (Å²) in [4.78, 5) is 14.0. The predicted octanol–water partition coefficient (Wildman–Crippen LogP) is 1.55. The Morgan fingerprint density at radius 1 is 1.53 bits per heavy atom. The fraction of sp³-hybridized carbons (Fsp3) is 0.500. The lowest BCUT2D eigenvalue weighted by Crippen LogP contribution is -2.57. The van der Waals surface area contributed by atoms with Crippen LogP contribution in [0.3, 0.4) is 0 Å². The molecule has 4 nitrogen and oxygen atoms in total. The standard InChI is InChI=1S/C14H20ClN3O/c1-9(16)13(11-4-3-5-12(15)8-11)18-7-6-17-14(19)10(18)2/h3-5,8-10,13H,6-7,16H2,1-2H3,(H,17,19). The minimum atomic E-state index is -0.177. The van der Waals surface area contributed by atoms with Gasteiger partial charge in [0.05, 0.1) is 12.1 Å². The van der Waals surface area contributed by atoms with Gasteiger partial charge in [-0.3, -0.25) is 9.69 Å². The van der Waals surface area contributed by atoms with E-state index in [4.69, 9.17) is 17.3 Å². The Balaban J connectivity index is 2.32. The highest BCUT2D eigenvalue weighted by Crippen LogP contribution is 2.28. The van der Waals surface area contributed by atoms with E-state index in [0.29, 0.717) is 11.6 Å². The number of hydrogen-bond donors (Lipinski definition) is 2. The summed E-state index contributed by atoms with van der Waals surface area (Å²) in [6.45, 7) is 5.33. The molecular weight excluding hydrogens is 262 g/mol. The maximum atomic E-state index is 11.8. The summed E-state index contributed by atoms with van der Waals surface area (Å²) in [7, 11) is 0. The molecule has 104 valence electrons. The molecule has 1 saturated heterocycles. The van der Waals surface area contributed by atoms with Gasteiger partial charge < -0.3 is 11.1 Å². The molecule has 3 atom stereocenters. The molecule has 1 aromatic rings.